The lowest BCUT2D eigenvalue weighted by Crippen LogP contribution is -2.42. The highest BCUT2D eigenvalue weighted by atomic mass is 16.5. The third kappa shape index (κ3) is 3.43. The topological polar surface area (TPSA) is 95.5 Å². The van der Waals surface area contributed by atoms with E-state index in [4.69, 9.17) is 4.74 Å². The van der Waals surface area contributed by atoms with Crippen molar-refractivity contribution in [3.63, 3.8) is 0 Å². The van der Waals surface area contributed by atoms with Gasteiger partial charge in [-0.1, -0.05) is 19.1 Å². The minimum atomic E-state index is -1.17. The van der Waals surface area contributed by atoms with E-state index in [0.717, 1.165) is 6.42 Å². The number of aliphatic carboxylic acids is 1. The number of carboxylic acid groups (broad SMARTS) is 1. The number of hydrogen-bond acceptors (Lipinski definition) is 5. The summed E-state index contributed by atoms with van der Waals surface area (Å²) in [6.45, 7) is 2.27. The number of carbonyl (C=O) groups is 3. The quantitative estimate of drug-likeness (QED) is 0.622. The molecule has 0 aromatic heterocycles. The minimum absolute atomic E-state index is 0.0591. The van der Waals surface area contributed by atoms with Crippen LogP contribution in [0.1, 0.15) is 30.1 Å². The predicted molar refractivity (Wildman–Crippen MR) is 88.4 cm³/mol. The average Bonchev–Trinajstić information content (AvgIpc) is 3.21. The van der Waals surface area contributed by atoms with E-state index in [9.17, 15) is 19.5 Å². The van der Waals surface area contributed by atoms with Gasteiger partial charge < -0.3 is 20.0 Å². The number of allylic oxidation sites excluding steroid dienone is 2. The SMILES string of the molecule is CCCOC(=O)c1ccc(NC(=O)[C@H]2[C@@H](C(=O)[O-])[C@@H]3C=C[C@H]2C3)cc1. The van der Waals surface area contributed by atoms with Gasteiger partial charge in [-0.05, 0) is 48.9 Å². The molecule has 1 amide bonds. The summed E-state index contributed by atoms with van der Waals surface area (Å²) in [5.74, 6) is -3.49. The second-order valence-corrected chi connectivity index (χ2v) is 6.52. The number of nitrogens with one attached hydrogen (secondary N) is 1. The minimum Gasteiger partial charge on any atom is -0.550 e. The van der Waals surface area contributed by atoms with Crippen LogP contribution in [0.25, 0.3) is 0 Å². The van der Waals surface area contributed by atoms with Crippen LogP contribution in [-0.2, 0) is 14.3 Å². The fraction of sp³-hybridized carbons (Fsp3) is 0.421. The Balaban J connectivity index is 1.66. The standard InChI is InChI=1S/C19H21NO5/c1-2-9-25-19(24)11-5-7-14(8-6-11)20-17(21)15-12-3-4-13(10-12)16(15)18(22)23/h3-8,12-13,15-16H,2,9-10H2,1H3,(H,20,21)(H,22,23)/p-1/t12-,13+,15+,16-/m0/s1. The Morgan fingerprint density at radius 2 is 1.76 bits per heavy atom. The van der Waals surface area contributed by atoms with Gasteiger partial charge in [0, 0.05) is 17.6 Å². The molecule has 0 radical (unpaired) electrons. The highest BCUT2D eigenvalue weighted by molar-refractivity contribution is 5.97. The average molecular weight is 342 g/mol. The molecule has 2 aliphatic rings. The molecule has 0 heterocycles. The number of benzene rings is 1. The zero-order valence-electron chi connectivity index (χ0n) is 13.9. The van der Waals surface area contributed by atoms with Gasteiger partial charge in [-0.3, -0.25) is 4.79 Å². The number of anilines is 1. The van der Waals surface area contributed by atoms with Crippen LogP contribution in [0.2, 0.25) is 0 Å². The van der Waals surface area contributed by atoms with E-state index >= 15 is 0 Å². The summed E-state index contributed by atoms with van der Waals surface area (Å²) in [4.78, 5) is 35.7. The number of hydrogen-bond donors (Lipinski definition) is 1. The molecule has 4 atom stereocenters. The lowest BCUT2D eigenvalue weighted by molar-refractivity contribution is -0.313. The van der Waals surface area contributed by atoms with Crippen molar-refractivity contribution >= 4 is 23.5 Å². The molecule has 25 heavy (non-hydrogen) atoms. The van der Waals surface area contributed by atoms with E-state index in [0.29, 0.717) is 24.3 Å². The Morgan fingerprint density at radius 1 is 1.12 bits per heavy atom. The van der Waals surface area contributed by atoms with E-state index in [-0.39, 0.29) is 17.7 Å². The molecule has 6 nitrogen and oxygen atoms in total. The van der Waals surface area contributed by atoms with Crippen LogP contribution >= 0.6 is 0 Å². The molecule has 1 aromatic carbocycles. The molecule has 132 valence electrons. The molecule has 1 fully saturated rings. The van der Waals surface area contributed by atoms with Gasteiger partial charge in [0.15, 0.2) is 0 Å². The molecular formula is C19H20NO5-. The molecule has 1 N–H and O–H groups in total. The molecule has 0 unspecified atom stereocenters. The number of rotatable bonds is 6. The number of amides is 1. The Hall–Kier alpha value is -2.63. The van der Waals surface area contributed by atoms with Gasteiger partial charge in [-0.2, -0.15) is 0 Å². The van der Waals surface area contributed by atoms with E-state index in [2.05, 4.69) is 5.32 Å². The molecule has 2 aliphatic carbocycles. The maximum absolute atomic E-state index is 12.6. The highest BCUT2D eigenvalue weighted by Crippen LogP contribution is 2.48. The smallest absolute Gasteiger partial charge is 0.338 e. The fourth-order valence-corrected chi connectivity index (χ4v) is 3.69. The van der Waals surface area contributed by atoms with Crippen LogP contribution in [0.4, 0.5) is 5.69 Å². The lowest BCUT2D eigenvalue weighted by atomic mass is 9.82. The molecule has 0 saturated heterocycles. The van der Waals surface area contributed by atoms with Gasteiger partial charge in [-0.15, -0.1) is 0 Å². The third-order valence-corrected chi connectivity index (χ3v) is 4.86. The second-order valence-electron chi connectivity index (χ2n) is 6.52. The van der Waals surface area contributed by atoms with Gasteiger partial charge in [0.2, 0.25) is 5.91 Å². The fourth-order valence-electron chi connectivity index (χ4n) is 3.69. The van der Waals surface area contributed by atoms with Gasteiger partial charge in [-0.25, -0.2) is 4.79 Å². The molecule has 1 saturated carbocycles. The molecule has 1 aromatic rings. The largest absolute Gasteiger partial charge is 0.550 e. The summed E-state index contributed by atoms with van der Waals surface area (Å²) in [7, 11) is 0. The Labute approximate surface area is 145 Å². The van der Waals surface area contributed by atoms with Crippen molar-refractivity contribution in [1.29, 1.82) is 0 Å². The zero-order chi connectivity index (χ0) is 18.0. The summed E-state index contributed by atoms with van der Waals surface area (Å²) in [6, 6.07) is 6.37. The molecule has 2 bridgehead atoms. The predicted octanol–water partition coefficient (Wildman–Crippen LogP) is 1.38. The molecule has 0 aliphatic heterocycles. The van der Waals surface area contributed by atoms with Crippen molar-refractivity contribution in [3.8, 4) is 0 Å². The van der Waals surface area contributed by atoms with Gasteiger partial charge >= 0.3 is 5.97 Å². The van der Waals surface area contributed by atoms with E-state index in [1.165, 1.54) is 0 Å². The van der Waals surface area contributed by atoms with Crippen LogP contribution in [0.15, 0.2) is 36.4 Å². The van der Waals surface area contributed by atoms with Crippen LogP contribution in [-0.4, -0.2) is 24.5 Å². The lowest BCUT2D eigenvalue weighted by Gasteiger charge is -2.27. The number of fused-ring (bicyclic) bond motifs is 2. The van der Waals surface area contributed by atoms with Crippen LogP contribution < -0.4 is 10.4 Å². The van der Waals surface area contributed by atoms with Crippen molar-refractivity contribution < 1.29 is 24.2 Å². The Morgan fingerprint density at radius 3 is 2.36 bits per heavy atom. The summed E-state index contributed by atoms with van der Waals surface area (Å²) in [5, 5.41) is 14.1. The number of carboxylic acids is 1. The monoisotopic (exact) mass is 342 g/mol. The number of ether oxygens (including phenoxy) is 1. The second kappa shape index (κ2) is 7.09. The summed E-state index contributed by atoms with van der Waals surface area (Å²) < 4.78 is 5.05. The maximum Gasteiger partial charge on any atom is 0.338 e. The van der Waals surface area contributed by atoms with Crippen LogP contribution in [0.5, 0.6) is 0 Å². The number of esters is 1. The van der Waals surface area contributed by atoms with Crippen molar-refractivity contribution in [3.05, 3.63) is 42.0 Å². The van der Waals surface area contributed by atoms with E-state index < -0.39 is 23.8 Å². The maximum atomic E-state index is 12.6. The van der Waals surface area contributed by atoms with Crippen molar-refractivity contribution in [2.24, 2.45) is 23.7 Å². The Bertz CT molecular complexity index is 709. The first-order chi connectivity index (χ1) is 12.0. The molecule has 3 rings (SSSR count). The first-order valence-corrected chi connectivity index (χ1v) is 8.48. The van der Waals surface area contributed by atoms with Gasteiger partial charge in [0.05, 0.1) is 18.1 Å². The van der Waals surface area contributed by atoms with E-state index in [1.54, 1.807) is 24.3 Å². The van der Waals surface area contributed by atoms with E-state index in [1.807, 2.05) is 19.1 Å². The summed E-state index contributed by atoms with van der Waals surface area (Å²) >= 11 is 0. The zero-order valence-corrected chi connectivity index (χ0v) is 13.9. The van der Waals surface area contributed by atoms with Crippen molar-refractivity contribution in [2.45, 2.75) is 19.8 Å². The third-order valence-electron chi connectivity index (χ3n) is 4.86. The first kappa shape index (κ1) is 17.2. The molecule has 6 heteroatoms. The summed E-state index contributed by atoms with van der Waals surface area (Å²) in [6.07, 6.45) is 5.21. The van der Waals surface area contributed by atoms with Gasteiger partial charge in [0.25, 0.3) is 0 Å². The van der Waals surface area contributed by atoms with Crippen molar-refractivity contribution in [2.75, 3.05) is 11.9 Å². The molecular weight excluding hydrogens is 322 g/mol. The highest BCUT2D eigenvalue weighted by Gasteiger charge is 2.48. The Kier molecular flexibility index (Phi) is 4.88. The first-order valence-electron chi connectivity index (χ1n) is 8.48. The van der Waals surface area contributed by atoms with Crippen molar-refractivity contribution in [1.82, 2.24) is 0 Å². The normalized spacial score (nSPS) is 26.4. The van der Waals surface area contributed by atoms with Crippen LogP contribution in [0, 0.1) is 23.7 Å². The molecule has 0 spiro atoms. The van der Waals surface area contributed by atoms with Crippen LogP contribution in [0.3, 0.4) is 0 Å². The number of carbonyl (C=O) groups excluding carboxylic acids is 3. The van der Waals surface area contributed by atoms with Gasteiger partial charge in [0.1, 0.15) is 0 Å². The summed E-state index contributed by atoms with van der Waals surface area (Å²) in [5.41, 5.74) is 0.919.